The molecule has 3 nitrogen and oxygen atoms in total. The van der Waals surface area contributed by atoms with E-state index in [-0.39, 0.29) is 6.04 Å². The van der Waals surface area contributed by atoms with Crippen molar-refractivity contribution in [3.63, 3.8) is 0 Å². The Bertz CT molecular complexity index is 211. The minimum Gasteiger partial charge on any atom is -0.341 e. The summed E-state index contributed by atoms with van der Waals surface area (Å²) in [7, 11) is 0. The van der Waals surface area contributed by atoms with Crippen molar-refractivity contribution in [2.75, 3.05) is 13.1 Å². The highest BCUT2D eigenvalue weighted by Crippen LogP contribution is 2.27. The minimum atomic E-state index is 0.222. The molecule has 1 unspecified atom stereocenters. The van der Waals surface area contributed by atoms with Crippen LogP contribution in [0.4, 0.5) is 0 Å². The third-order valence-corrected chi connectivity index (χ3v) is 3.61. The molecular formula is C11H20N2O. The lowest BCUT2D eigenvalue weighted by atomic mass is 9.99. The fraction of sp³-hybridized carbons (Fsp3) is 0.909. The number of likely N-dealkylation sites (tertiary alicyclic amines) is 1. The molecule has 1 saturated carbocycles. The summed E-state index contributed by atoms with van der Waals surface area (Å²) in [6.45, 7) is 1.72. The van der Waals surface area contributed by atoms with Crippen molar-refractivity contribution >= 4 is 5.91 Å². The van der Waals surface area contributed by atoms with E-state index in [9.17, 15) is 4.79 Å². The molecule has 2 fully saturated rings. The first-order valence-electron chi connectivity index (χ1n) is 5.81. The molecule has 1 saturated heterocycles. The quantitative estimate of drug-likeness (QED) is 0.735. The Hall–Kier alpha value is -0.570. The molecule has 14 heavy (non-hydrogen) atoms. The van der Waals surface area contributed by atoms with E-state index in [2.05, 4.69) is 0 Å². The van der Waals surface area contributed by atoms with Crippen LogP contribution in [0.5, 0.6) is 0 Å². The van der Waals surface area contributed by atoms with Crippen molar-refractivity contribution in [1.29, 1.82) is 0 Å². The predicted octanol–water partition coefficient (Wildman–Crippen LogP) is 1.13. The monoisotopic (exact) mass is 196 g/mol. The van der Waals surface area contributed by atoms with Crippen molar-refractivity contribution in [2.45, 2.75) is 44.6 Å². The second-order valence-corrected chi connectivity index (χ2v) is 4.65. The summed E-state index contributed by atoms with van der Waals surface area (Å²) in [4.78, 5) is 13.3. The summed E-state index contributed by atoms with van der Waals surface area (Å²) in [5.74, 6) is 0.974. The average molecular weight is 196 g/mol. The zero-order valence-electron chi connectivity index (χ0n) is 8.74. The first kappa shape index (κ1) is 9.97. The van der Waals surface area contributed by atoms with Crippen LogP contribution in [-0.4, -0.2) is 29.9 Å². The molecule has 2 aliphatic rings. The number of amides is 1. The predicted molar refractivity (Wildman–Crippen MR) is 55.7 cm³/mol. The van der Waals surface area contributed by atoms with Crippen LogP contribution in [-0.2, 0) is 4.79 Å². The van der Waals surface area contributed by atoms with Gasteiger partial charge in [0.15, 0.2) is 0 Å². The third kappa shape index (κ3) is 2.08. The smallest absolute Gasteiger partial charge is 0.222 e. The van der Waals surface area contributed by atoms with Gasteiger partial charge in [0.25, 0.3) is 0 Å². The van der Waals surface area contributed by atoms with Gasteiger partial charge in [0, 0.05) is 25.6 Å². The Labute approximate surface area is 85.6 Å². The molecule has 1 atom stereocenters. The SMILES string of the molecule is NC(CN1CCCC1=O)C1CCCC1. The highest BCUT2D eigenvalue weighted by Gasteiger charge is 2.27. The zero-order valence-corrected chi connectivity index (χ0v) is 8.74. The second kappa shape index (κ2) is 4.30. The van der Waals surface area contributed by atoms with Crippen molar-refractivity contribution in [2.24, 2.45) is 11.7 Å². The summed E-state index contributed by atoms with van der Waals surface area (Å²) in [5.41, 5.74) is 6.13. The summed E-state index contributed by atoms with van der Waals surface area (Å²) in [6.07, 6.45) is 6.94. The van der Waals surface area contributed by atoms with Gasteiger partial charge < -0.3 is 10.6 Å². The molecule has 0 bridgehead atoms. The summed E-state index contributed by atoms with van der Waals surface area (Å²) >= 11 is 0. The molecule has 0 radical (unpaired) electrons. The van der Waals surface area contributed by atoms with Crippen LogP contribution in [0.2, 0.25) is 0 Å². The lowest BCUT2D eigenvalue weighted by molar-refractivity contribution is -0.128. The van der Waals surface area contributed by atoms with Gasteiger partial charge >= 0.3 is 0 Å². The van der Waals surface area contributed by atoms with Gasteiger partial charge in [-0.3, -0.25) is 4.79 Å². The van der Waals surface area contributed by atoms with Gasteiger partial charge in [0.2, 0.25) is 5.91 Å². The number of nitrogens with zero attached hydrogens (tertiary/aromatic N) is 1. The maximum atomic E-state index is 11.4. The maximum absolute atomic E-state index is 11.4. The standard InChI is InChI=1S/C11H20N2O/c12-10(9-4-1-2-5-9)8-13-7-3-6-11(13)14/h9-10H,1-8,12H2. The van der Waals surface area contributed by atoms with Crippen molar-refractivity contribution in [1.82, 2.24) is 4.90 Å². The van der Waals surface area contributed by atoms with E-state index in [0.29, 0.717) is 11.8 Å². The lowest BCUT2D eigenvalue weighted by Crippen LogP contribution is -2.42. The van der Waals surface area contributed by atoms with Gasteiger partial charge in [-0.05, 0) is 25.2 Å². The van der Waals surface area contributed by atoms with Crippen LogP contribution in [0.1, 0.15) is 38.5 Å². The van der Waals surface area contributed by atoms with Crippen LogP contribution in [0.25, 0.3) is 0 Å². The zero-order chi connectivity index (χ0) is 9.97. The summed E-state index contributed by atoms with van der Waals surface area (Å²) in [6, 6.07) is 0.222. The second-order valence-electron chi connectivity index (χ2n) is 4.65. The Morgan fingerprint density at radius 2 is 2.07 bits per heavy atom. The van der Waals surface area contributed by atoms with Crippen LogP contribution in [0.15, 0.2) is 0 Å². The van der Waals surface area contributed by atoms with Crippen LogP contribution in [0.3, 0.4) is 0 Å². The van der Waals surface area contributed by atoms with E-state index in [4.69, 9.17) is 5.73 Å². The number of carbonyl (C=O) groups excluding carboxylic acids is 1. The van der Waals surface area contributed by atoms with Gasteiger partial charge in [-0.2, -0.15) is 0 Å². The normalized spacial score (nSPS) is 26.1. The topological polar surface area (TPSA) is 46.3 Å². The van der Waals surface area contributed by atoms with E-state index in [1.807, 2.05) is 4.90 Å². The highest BCUT2D eigenvalue weighted by atomic mass is 16.2. The van der Waals surface area contributed by atoms with Crippen molar-refractivity contribution in [3.8, 4) is 0 Å². The minimum absolute atomic E-state index is 0.222. The van der Waals surface area contributed by atoms with Gasteiger partial charge in [-0.15, -0.1) is 0 Å². The molecule has 1 amide bonds. The number of carbonyl (C=O) groups is 1. The molecule has 2 N–H and O–H groups in total. The fourth-order valence-corrected chi connectivity index (χ4v) is 2.69. The Morgan fingerprint density at radius 1 is 1.36 bits per heavy atom. The van der Waals surface area contributed by atoms with Gasteiger partial charge in [-0.25, -0.2) is 0 Å². The third-order valence-electron chi connectivity index (χ3n) is 3.61. The first-order valence-corrected chi connectivity index (χ1v) is 5.81. The molecule has 0 aromatic carbocycles. The van der Waals surface area contributed by atoms with Gasteiger partial charge in [-0.1, -0.05) is 12.8 Å². The number of rotatable bonds is 3. The van der Waals surface area contributed by atoms with Crippen molar-refractivity contribution in [3.05, 3.63) is 0 Å². The average Bonchev–Trinajstić information content (AvgIpc) is 2.77. The van der Waals surface area contributed by atoms with E-state index in [1.54, 1.807) is 0 Å². The molecule has 1 aliphatic heterocycles. The molecular weight excluding hydrogens is 176 g/mol. The lowest BCUT2D eigenvalue weighted by Gasteiger charge is -2.24. The van der Waals surface area contributed by atoms with Crippen LogP contribution >= 0.6 is 0 Å². The van der Waals surface area contributed by atoms with Crippen molar-refractivity contribution < 1.29 is 4.79 Å². The Morgan fingerprint density at radius 3 is 2.64 bits per heavy atom. The van der Waals surface area contributed by atoms with Crippen LogP contribution in [0, 0.1) is 5.92 Å². The molecule has 80 valence electrons. The van der Waals surface area contributed by atoms with E-state index in [0.717, 1.165) is 25.9 Å². The maximum Gasteiger partial charge on any atom is 0.222 e. The molecule has 3 heteroatoms. The molecule has 1 aliphatic carbocycles. The number of nitrogens with two attached hydrogens (primary N) is 1. The summed E-state index contributed by atoms with van der Waals surface area (Å²) < 4.78 is 0. The van der Waals surface area contributed by atoms with Gasteiger partial charge in [0.05, 0.1) is 0 Å². The molecule has 0 aromatic heterocycles. The Balaban J connectivity index is 1.80. The molecule has 0 spiro atoms. The van der Waals surface area contributed by atoms with Gasteiger partial charge in [0.1, 0.15) is 0 Å². The largest absolute Gasteiger partial charge is 0.341 e. The van der Waals surface area contributed by atoms with E-state index < -0.39 is 0 Å². The molecule has 0 aromatic rings. The summed E-state index contributed by atoms with van der Waals surface area (Å²) in [5, 5.41) is 0. The number of hydrogen-bond donors (Lipinski definition) is 1. The first-order chi connectivity index (χ1) is 6.77. The van der Waals surface area contributed by atoms with E-state index in [1.165, 1.54) is 25.7 Å². The molecule has 1 heterocycles. The fourth-order valence-electron chi connectivity index (χ4n) is 2.69. The van der Waals surface area contributed by atoms with Crippen LogP contribution < -0.4 is 5.73 Å². The molecule has 2 rings (SSSR count). The Kier molecular flexibility index (Phi) is 3.06. The highest BCUT2D eigenvalue weighted by molar-refractivity contribution is 5.78. The number of hydrogen-bond acceptors (Lipinski definition) is 2. The van der Waals surface area contributed by atoms with E-state index >= 15 is 0 Å².